The first-order valence-electron chi connectivity index (χ1n) is 5.29. The van der Waals surface area contributed by atoms with E-state index in [-0.39, 0.29) is 22.7 Å². The molecule has 0 aromatic rings. The molecule has 0 amide bonds. The van der Waals surface area contributed by atoms with Crippen molar-refractivity contribution in [3.63, 3.8) is 0 Å². The highest BCUT2D eigenvalue weighted by molar-refractivity contribution is 9.10. The Morgan fingerprint density at radius 2 is 1.27 bits per heavy atom. The molecule has 0 saturated carbocycles. The van der Waals surface area contributed by atoms with Gasteiger partial charge in [-0.1, -0.05) is 29.8 Å². The molecule has 3 nitrogen and oxygen atoms in total. The summed E-state index contributed by atoms with van der Waals surface area (Å²) in [5.74, 6) is 0.202. The van der Waals surface area contributed by atoms with Crippen LogP contribution in [0.3, 0.4) is 0 Å². The Morgan fingerprint density at radius 1 is 0.933 bits per heavy atom. The van der Waals surface area contributed by atoms with E-state index in [2.05, 4.69) is 15.9 Å². The summed E-state index contributed by atoms with van der Waals surface area (Å²) < 4.78 is 23.1. The lowest BCUT2D eigenvalue weighted by molar-refractivity contribution is 0.139. The Bertz CT molecular complexity index is 215. The van der Waals surface area contributed by atoms with Gasteiger partial charge in [-0.2, -0.15) is 0 Å². The lowest BCUT2D eigenvalue weighted by atomic mass is 10.3. The largest absolute Gasteiger partial charge is 0.344 e. The molecular formula is C10H22BrO3P. The van der Waals surface area contributed by atoms with Crippen molar-refractivity contribution in [2.45, 2.75) is 58.3 Å². The van der Waals surface area contributed by atoms with Gasteiger partial charge in [-0.3, -0.25) is 4.57 Å². The average Bonchev–Trinajstić information content (AvgIpc) is 1.99. The van der Waals surface area contributed by atoms with Gasteiger partial charge in [0, 0.05) is 0 Å². The number of hydrogen-bond donors (Lipinski definition) is 0. The molecule has 0 spiro atoms. The summed E-state index contributed by atoms with van der Waals surface area (Å²) in [6, 6.07) is 0. The molecule has 0 bridgehead atoms. The normalized spacial score (nSPS) is 15.3. The molecule has 0 aromatic carbocycles. The Labute approximate surface area is 102 Å². The van der Waals surface area contributed by atoms with Crippen LogP contribution in [-0.2, 0) is 13.6 Å². The summed E-state index contributed by atoms with van der Waals surface area (Å²) in [6.45, 7) is 11.4. The smallest absolute Gasteiger partial charge is 0.305 e. The second-order valence-corrected chi connectivity index (χ2v) is 8.22. The maximum atomic E-state index is 12.5. The molecule has 0 fully saturated rings. The van der Waals surface area contributed by atoms with Crippen LogP contribution in [0.25, 0.3) is 0 Å². The molecule has 0 heterocycles. The van der Waals surface area contributed by atoms with Crippen LogP contribution in [0.1, 0.15) is 41.5 Å². The minimum atomic E-state index is -3.06. The topological polar surface area (TPSA) is 35.5 Å². The second-order valence-electron chi connectivity index (χ2n) is 4.46. The van der Waals surface area contributed by atoms with Gasteiger partial charge in [-0.15, -0.1) is 0 Å². The fourth-order valence-electron chi connectivity index (χ4n) is 1.09. The van der Waals surface area contributed by atoms with Crippen molar-refractivity contribution >= 4 is 23.5 Å². The zero-order valence-corrected chi connectivity index (χ0v) is 12.8. The highest BCUT2D eigenvalue weighted by atomic mass is 79.9. The van der Waals surface area contributed by atoms with Crippen LogP contribution in [0.4, 0.5) is 0 Å². The fourth-order valence-corrected chi connectivity index (χ4v) is 3.86. The van der Waals surface area contributed by atoms with Gasteiger partial charge in [0.2, 0.25) is 0 Å². The van der Waals surface area contributed by atoms with Gasteiger partial charge < -0.3 is 9.05 Å². The molecule has 5 heteroatoms. The molecule has 0 aliphatic carbocycles. The van der Waals surface area contributed by atoms with Gasteiger partial charge in [0.15, 0.2) is 0 Å². The van der Waals surface area contributed by atoms with Gasteiger partial charge in [0.05, 0.1) is 12.2 Å². The van der Waals surface area contributed by atoms with E-state index in [1.165, 1.54) is 0 Å². The zero-order valence-electron chi connectivity index (χ0n) is 10.4. The monoisotopic (exact) mass is 300 g/mol. The second kappa shape index (κ2) is 6.39. The Balaban J connectivity index is 4.77. The van der Waals surface area contributed by atoms with Gasteiger partial charge in [0.25, 0.3) is 0 Å². The van der Waals surface area contributed by atoms with Gasteiger partial charge in [0.1, 0.15) is 4.57 Å². The molecule has 1 unspecified atom stereocenters. The molecule has 0 aromatic heterocycles. The number of alkyl halides is 1. The standard InChI is InChI=1S/C10H22BrO3P/c1-7(2)10(11)15(12,13-8(3)4)14-9(5)6/h7-10H,1-6H3. The van der Waals surface area contributed by atoms with E-state index in [0.29, 0.717) is 0 Å². The van der Waals surface area contributed by atoms with Crippen molar-refractivity contribution in [3.8, 4) is 0 Å². The molecule has 0 radical (unpaired) electrons. The van der Waals surface area contributed by atoms with Crippen molar-refractivity contribution in [1.82, 2.24) is 0 Å². The van der Waals surface area contributed by atoms with Crippen LogP contribution in [0.5, 0.6) is 0 Å². The number of halogens is 1. The third-order valence-corrected chi connectivity index (χ3v) is 6.76. The van der Waals surface area contributed by atoms with E-state index in [4.69, 9.17) is 9.05 Å². The van der Waals surface area contributed by atoms with E-state index in [1.807, 2.05) is 41.5 Å². The zero-order chi connectivity index (χ0) is 12.2. The van der Waals surface area contributed by atoms with Crippen LogP contribution in [0, 0.1) is 5.92 Å². The summed E-state index contributed by atoms with van der Waals surface area (Å²) in [5, 5.41) is 0. The van der Waals surface area contributed by atoms with Crippen molar-refractivity contribution in [2.75, 3.05) is 0 Å². The SMILES string of the molecule is CC(C)OP(=O)(OC(C)C)C(Br)C(C)C. The van der Waals surface area contributed by atoms with Gasteiger partial charge in [-0.05, 0) is 33.6 Å². The Hall–Kier alpha value is 0.630. The van der Waals surface area contributed by atoms with Crippen molar-refractivity contribution < 1.29 is 13.6 Å². The summed E-state index contributed by atoms with van der Waals surface area (Å²) in [6.07, 6.45) is -0.207. The molecule has 0 saturated heterocycles. The maximum absolute atomic E-state index is 12.5. The molecular weight excluding hydrogens is 279 g/mol. The van der Waals surface area contributed by atoms with E-state index < -0.39 is 7.60 Å². The fraction of sp³-hybridized carbons (Fsp3) is 1.00. The Kier molecular flexibility index (Phi) is 6.65. The molecule has 0 rings (SSSR count). The molecule has 92 valence electrons. The van der Waals surface area contributed by atoms with Crippen molar-refractivity contribution in [1.29, 1.82) is 0 Å². The van der Waals surface area contributed by atoms with Gasteiger partial charge >= 0.3 is 7.60 Å². The quantitative estimate of drug-likeness (QED) is 0.538. The Morgan fingerprint density at radius 3 is 1.47 bits per heavy atom. The summed E-state index contributed by atoms with van der Waals surface area (Å²) in [5.41, 5.74) is 0. The highest BCUT2D eigenvalue weighted by Gasteiger charge is 2.38. The minimum Gasteiger partial charge on any atom is -0.305 e. The van der Waals surface area contributed by atoms with Crippen LogP contribution < -0.4 is 0 Å². The third kappa shape index (κ3) is 5.48. The summed E-state index contributed by atoms with van der Waals surface area (Å²) in [4.78, 5) is 0. The predicted molar refractivity (Wildman–Crippen MR) is 67.6 cm³/mol. The highest BCUT2D eigenvalue weighted by Crippen LogP contribution is 2.59. The van der Waals surface area contributed by atoms with Crippen LogP contribution >= 0.6 is 23.5 Å². The van der Waals surface area contributed by atoms with Crippen molar-refractivity contribution in [2.24, 2.45) is 5.92 Å². The third-order valence-electron chi connectivity index (χ3n) is 1.57. The molecule has 0 aliphatic rings. The number of hydrogen-bond acceptors (Lipinski definition) is 3. The molecule has 15 heavy (non-hydrogen) atoms. The van der Waals surface area contributed by atoms with Crippen LogP contribution in [0.2, 0.25) is 0 Å². The molecule has 0 aliphatic heterocycles. The predicted octanol–water partition coefficient (Wildman–Crippen LogP) is 4.41. The maximum Gasteiger partial charge on any atom is 0.344 e. The van der Waals surface area contributed by atoms with Crippen molar-refractivity contribution in [3.05, 3.63) is 0 Å². The van der Waals surface area contributed by atoms with Crippen LogP contribution in [-0.4, -0.2) is 16.8 Å². The van der Waals surface area contributed by atoms with E-state index >= 15 is 0 Å². The first-order chi connectivity index (χ1) is 6.69. The van der Waals surface area contributed by atoms with E-state index in [1.54, 1.807) is 0 Å². The first kappa shape index (κ1) is 15.6. The first-order valence-corrected chi connectivity index (χ1v) is 7.82. The van der Waals surface area contributed by atoms with E-state index in [9.17, 15) is 4.57 Å². The lowest BCUT2D eigenvalue weighted by Gasteiger charge is -2.28. The molecule has 1 atom stereocenters. The van der Waals surface area contributed by atoms with E-state index in [0.717, 1.165) is 0 Å². The summed E-state index contributed by atoms with van der Waals surface area (Å²) in [7, 11) is -3.06. The average molecular weight is 301 g/mol. The van der Waals surface area contributed by atoms with Crippen LogP contribution in [0.15, 0.2) is 0 Å². The van der Waals surface area contributed by atoms with Gasteiger partial charge in [-0.25, -0.2) is 0 Å². The molecule has 0 N–H and O–H groups in total. The lowest BCUT2D eigenvalue weighted by Crippen LogP contribution is -2.17. The number of rotatable bonds is 6. The minimum absolute atomic E-state index is 0.103. The summed E-state index contributed by atoms with van der Waals surface area (Å²) >= 11 is 3.41.